The normalized spacial score (nSPS) is 20.0. The fraction of sp³-hybridized carbons (Fsp3) is 0.375. The third-order valence-corrected chi connectivity index (χ3v) is 4.06. The van der Waals surface area contributed by atoms with Crippen molar-refractivity contribution in [1.82, 2.24) is 9.88 Å². The van der Waals surface area contributed by atoms with Crippen LogP contribution in [0.5, 0.6) is 0 Å². The standard InChI is InChI=1S/C16H16BrF2N3O2/c1-22(2)7-10(6-20)16(23)13-3-9-4-14(24-8-15(18)19)11(17)5-12(9)21-13/h3-5,7,11,14-15,21H,8H2,1-2H3/b10-7+. The molecule has 0 saturated carbocycles. The van der Waals surface area contributed by atoms with E-state index >= 15 is 0 Å². The number of fused-ring (bicyclic) bond motifs is 1. The number of allylic oxidation sites excluding steroid dienone is 1. The van der Waals surface area contributed by atoms with Gasteiger partial charge in [0.05, 0.1) is 16.6 Å². The number of ether oxygens (including phenoxy) is 1. The number of hydrogen-bond acceptors (Lipinski definition) is 4. The summed E-state index contributed by atoms with van der Waals surface area (Å²) in [6, 6.07) is 3.46. The molecule has 1 heterocycles. The summed E-state index contributed by atoms with van der Waals surface area (Å²) in [5.41, 5.74) is 0.260. The fourth-order valence-corrected chi connectivity index (χ4v) is 2.84. The number of aromatic nitrogens is 1. The van der Waals surface area contributed by atoms with Gasteiger partial charge in [0.2, 0.25) is 5.78 Å². The van der Waals surface area contributed by atoms with Crippen LogP contribution in [0, 0.1) is 11.3 Å². The summed E-state index contributed by atoms with van der Waals surface area (Å²) in [5.74, 6) is -0.432. The molecule has 0 fully saturated rings. The van der Waals surface area contributed by atoms with E-state index in [1.54, 1.807) is 37.2 Å². The largest absolute Gasteiger partial charge is 0.382 e. The highest BCUT2D eigenvalue weighted by molar-refractivity contribution is 9.09. The summed E-state index contributed by atoms with van der Waals surface area (Å²) in [6.45, 7) is -0.660. The Balaban J connectivity index is 2.32. The number of halogens is 3. The van der Waals surface area contributed by atoms with Crippen molar-refractivity contribution in [2.24, 2.45) is 0 Å². The number of rotatable bonds is 6. The molecule has 24 heavy (non-hydrogen) atoms. The number of H-pyrrole nitrogens is 1. The Morgan fingerprint density at radius 1 is 1.54 bits per heavy atom. The van der Waals surface area contributed by atoms with E-state index in [0.29, 0.717) is 10.6 Å². The quantitative estimate of drug-likeness (QED) is 0.337. The van der Waals surface area contributed by atoms with Crippen molar-refractivity contribution in [3.05, 3.63) is 34.1 Å². The van der Waals surface area contributed by atoms with Crippen molar-refractivity contribution in [2.45, 2.75) is 17.4 Å². The zero-order valence-corrected chi connectivity index (χ0v) is 14.7. The van der Waals surface area contributed by atoms with Gasteiger partial charge in [-0.2, -0.15) is 5.26 Å². The SMILES string of the molecule is CN(C)/C=C(\C#N)C(=O)c1cc2c([nH]1)=CC(Br)C(OCC(F)F)C=2. The van der Waals surface area contributed by atoms with Crippen molar-refractivity contribution < 1.29 is 18.3 Å². The maximum Gasteiger partial charge on any atom is 0.261 e. The van der Waals surface area contributed by atoms with Gasteiger partial charge in [-0.1, -0.05) is 15.9 Å². The van der Waals surface area contributed by atoms with E-state index in [1.165, 1.54) is 6.20 Å². The number of nitrogens with one attached hydrogen (secondary N) is 1. The number of Topliss-reactive ketones (excluding diaryl/α,β-unsaturated/α-hetero) is 1. The van der Waals surface area contributed by atoms with Crippen LogP contribution in [0.4, 0.5) is 8.78 Å². The first-order valence-electron chi connectivity index (χ1n) is 7.11. The van der Waals surface area contributed by atoms with E-state index in [-0.39, 0.29) is 16.1 Å². The number of nitriles is 1. The van der Waals surface area contributed by atoms with Crippen LogP contribution >= 0.6 is 15.9 Å². The molecule has 1 aromatic rings. The molecule has 8 heteroatoms. The van der Waals surface area contributed by atoms with Crippen LogP contribution in [0.15, 0.2) is 17.8 Å². The van der Waals surface area contributed by atoms with Gasteiger partial charge in [0.25, 0.3) is 6.43 Å². The van der Waals surface area contributed by atoms with Gasteiger partial charge in [0.1, 0.15) is 18.2 Å². The molecule has 1 aliphatic rings. The Kier molecular flexibility index (Phi) is 5.91. The molecule has 0 spiro atoms. The minimum Gasteiger partial charge on any atom is -0.382 e. The lowest BCUT2D eigenvalue weighted by Crippen LogP contribution is -2.36. The van der Waals surface area contributed by atoms with E-state index in [1.807, 2.05) is 6.07 Å². The molecule has 5 nitrogen and oxygen atoms in total. The van der Waals surface area contributed by atoms with Crippen molar-refractivity contribution >= 4 is 33.9 Å². The zero-order valence-electron chi connectivity index (χ0n) is 13.1. The summed E-state index contributed by atoms with van der Waals surface area (Å²) in [4.78, 5) is 16.7. The second-order valence-corrected chi connectivity index (χ2v) is 6.52. The molecular formula is C16H16BrF2N3O2. The minimum absolute atomic E-state index is 0.000473. The van der Waals surface area contributed by atoms with Gasteiger partial charge in [-0.15, -0.1) is 0 Å². The minimum atomic E-state index is -2.54. The predicted octanol–water partition coefficient (Wildman–Crippen LogP) is 1.15. The summed E-state index contributed by atoms with van der Waals surface area (Å²) in [7, 11) is 3.43. The highest BCUT2D eigenvalue weighted by Crippen LogP contribution is 2.16. The smallest absolute Gasteiger partial charge is 0.261 e. The molecule has 1 aromatic heterocycles. The first-order chi connectivity index (χ1) is 11.3. The van der Waals surface area contributed by atoms with Crippen LogP contribution < -0.4 is 10.6 Å². The van der Waals surface area contributed by atoms with Gasteiger partial charge < -0.3 is 14.6 Å². The average Bonchev–Trinajstić information content (AvgIpc) is 2.91. The predicted molar refractivity (Wildman–Crippen MR) is 89.1 cm³/mol. The van der Waals surface area contributed by atoms with Crippen LogP contribution in [-0.2, 0) is 4.74 Å². The number of carbonyl (C=O) groups is 1. The van der Waals surface area contributed by atoms with Crippen LogP contribution in [0.2, 0.25) is 0 Å². The van der Waals surface area contributed by atoms with Gasteiger partial charge in [0, 0.05) is 25.6 Å². The lowest BCUT2D eigenvalue weighted by molar-refractivity contribution is 0.00186. The van der Waals surface area contributed by atoms with Crippen LogP contribution in [0.3, 0.4) is 0 Å². The summed E-state index contributed by atoms with van der Waals surface area (Å²) < 4.78 is 29.7. The second kappa shape index (κ2) is 7.73. The molecule has 0 bridgehead atoms. The van der Waals surface area contributed by atoms with Crippen molar-refractivity contribution in [2.75, 3.05) is 20.7 Å². The Labute approximate surface area is 146 Å². The monoisotopic (exact) mass is 399 g/mol. The zero-order chi connectivity index (χ0) is 17.9. The molecule has 0 saturated heterocycles. The van der Waals surface area contributed by atoms with E-state index in [9.17, 15) is 13.6 Å². The number of aromatic amines is 1. The highest BCUT2D eigenvalue weighted by Gasteiger charge is 2.22. The Morgan fingerprint density at radius 3 is 2.83 bits per heavy atom. The number of alkyl halides is 3. The molecule has 0 aromatic carbocycles. The molecule has 2 rings (SSSR count). The molecule has 1 N–H and O–H groups in total. The molecule has 1 aliphatic carbocycles. The Morgan fingerprint density at radius 2 is 2.25 bits per heavy atom. The molecule has 0 aliphatic heterocycles. The van der Waals surface area contributed by atoms with Crippen LogP contribution in [0.1, 0.15) is 10.5 Å². The Bertz CT molecular complexity index is 808. The summed E-state index contributed by atoms with van der Waals surface area (Å²) >= 11 is 3.36. The molecule has 2 unspecified atom stereocenters. The molecule has 128 valence electrons. The van der Waals surface area contributed by atoms with Gasteiger partial charge in [0.15, 0.2) is 0 Å². The number of carbonyl (C=O) groups excluding carboxylic acids is 1. The second-order valence-electron chi connectivity index (χ2n) is 5.47. The average molecular weight is 400 g/mol. The Hall–Kier alpha value is -1.98. The molecule has 2 atom stereocenters. The highest BCUT2D eigenvalue weighted by atomic mass is 79.9. The van der Waals surface area contributed by atoms with Crippen LogP contribution in [-0.4, -0.2) is 53.7 Å². The maximum atomic E-state index is 12.4. The number of ketones is 1. The lowest BCUT2D eigenvalue weighted by Gasteiger charge is -2.19. The summed E-state index contributed by atoms with van der Waals surface area (Å²) in [6.07, 6.45) is 1.77. The van der Waals surface area contributed by atoms with Crippen molar-refractivity contribution in [1.29, 1.82) is 5.26 Å². The lowest BCUT2D eigenvalue weighted by atomic mass is 10.1. The number of nitrogens with zero attached hydrogens (tertiary/aromatic N) is 2. The van der Waals surface area contributed by atoms with Gasteiger partial charge in [-0.05, 0) is 23.4 Å². The first-order valence-corrected chi connectivity index (χ1v) is 8.03. The third-order valence-electron chi connectivity index (χ3n) is 3.28. The van der Waals surface area contributed by atoms with Crippen molar-refractivity contribution in [3.8, 4) is 6.07 Å². The topological polar surface area (TPSA) is 69.1 Å². The molecule has 0 radical (unpaired) electrons. The van der Waals surface area contributed by atoms with E-state index in [4.69, 9.17) is 10.00 Å². The van der Waals surface area contributed by atoms with Gasteiger partial charge in [-0.3, -0.25) is 4.79 Å². The molecular weight excluding hydrogens is 384 g/mol. The van der Waals surface area contributed by atoms with Gasteiger partial charge in [-0.25, -0.2) is 8.78 Å². The van der Waals surface area contributed by atoms with Crippen molar-refractivity contribution in [3.63, 3.8) is 0 Å². The molecule has 0 amide bonds. The fourth-order valence-electron chi connectivity index (χ4n) is 2.27. The van der Waals surface area contributed by atoms with Gasteiger partial charge >= 0.3 is 0 Å². The third kappa shape index (κ3) is 4.30. The van der Waals surface area contributed by atoms with Crippen LogP contribution in [0.25, 0.3) is 12.2 Å². The van der Waals surface area contributed by atoms with E-state index in [0.717, 1.165) is 0 Å². The number of hydrogen-bond donors (Lipinski definition) is 1. The maximum absolute atomic E-state index is 12.4. The van der Waals surface area contributed by atoms with E-state index in [2.05, 4.69) is 20.9 Å². The summed E-state index contributed by atoms with van der Waals surface area (Å²) in [5, 5.41) is 10.5. The van der Waals surface area contributed by atoms with E-state index < -0.39 is 24.9 Å². The first kappa shape index (κ1) is 18.4.